The lowest BCUT2D eigenvalue weighted by Gasteiger charge is -2.04. The number of aromatic amines is 1. The molecule has 0 aliphatic rings. The fourth-order valence-electron chi connectivity index (χ4n) is 1.57. The summed E-state index contributed by atoms with van der Waals surface area (Å²) in [6.07, 6.45) is 4.63. The normalized spacial score (nSPS) is 10.2. The van der Waals surface area contributed by atoms with Crippen LogP contribution in [0.15, 0.2) is 36.8 Å². The molecule has 6 nitrogen and oxygen atoms in total. The Labute approximate surface area is 102 Å². The number of fused-ring (bicyclic) bond motifs is 1. The van der Waals surface area contributed by atoms with Gasteiger partial charge in [0.1, 0.15) is 11.8 Å². The maximum Gasteiger partial charge on any atom is 0.256 e. The van der Waals surface area contributed by atoms with Crippen LogP contribution in [0.5, 0.6) is 11.6 Å². The molecule has 3 aromatic rings. The van der Waals surface area contributed by atoms with E-state index in [2.05, 4.69) is 20.2 Å². The molecule has 1 aromatic carbocycles. The molecule has 0 aliphatic heterocycles. The SMILES string of the molecule is N#Cc1nccnc1Oc1ccc2[nH]ncc2c1. The average Bonchev–Trinajstić information content (AvgIpc) is 2.87. The first kappa shape index (κ1) is 10.2. The molecule has 1 N–H and O–H groups in total. The predicted octanol–water partition coefficient (Wildman–Crippen LogP) is 2.02. The van der Waals surface area contributed by atoms with Crippen LogP contribution in [0, 0.1) is 11.3 Å². The number of benzene rings is 1. The van der Waals surface area contributed by atoms with Crippen molar-refractivity contribution in [3.8, 4) is 17.7 Å². The summed E-state index contributed by atoms with van der Waals surface area (Å²) in [4.78, 5) is 7.86. The minimum atomic E-state index is 0.157. The lowest BCUT2D eigenvalue weighted by atomic mass is 10.2. The molecule has 0 unspecified atom stereocenters. The van der Waals surface area contributed by atoms with Gasteiger partial charge in [0.2, 0.25) is 5.69 Å². The number of H-pyrrole nitrogens is 1. The van der Waals surface area contributed by atoms with Crippen molar-refractivity contribution >= 4 is 10.9 Å². The van der Waals surface area contributed by atoms with Gasteiger partial charge in [-0.3, -0.25) is 5.10 Å². The predicted molar refractivity (Wildman–Crippen MR) is 62.9 cm³/mol. The van der Waals surface area contributed by atoms with Crippen molar-refractivity contribution in [2.45, 2.75) is 0 Å². The molecule has 2 aromatic heterocycles. The van der Waals surface area contributed by atoms with Crippen molar-refractivity contribution < 1.29 is 4.74 Å². The maximum absolute atomic E-state index is 8.89. The zero-order chi connectivity index (χ0) is 12.4. The van der Waals surface area contributed by atoms with Crippen LogP contribution in [0.3, 0.4) is 0 Å². The largest absolute Gasteiger partial charge is 0.436 e. The Morgan fingerprint density at radius 2 is 2.11 bits per heavy atom. The summed E-state index contributed by atoms with van der Waals surface area (Å²) in [6, 6.07) is 7.37. The molecular formula is C12H7N5O. The first-order chi connectivity index (χ1) is 8.86. The van der Waals surface area contributed by atoms with Crippen molar-refractivity contribution in [1.82, 2.24) is 20.2 Å². The van der Waals surface area contributed by atoms with Crippen molar-refractivity contribution in [1.29, 1.82) is 5.26 Å². The topological polar surface area (TPSA) is 87.5 Å². The lowest BCUT2D eigenvalue weighted by Crippen LogP contribution is -1.93. The summed E-state index contributed by atoms with van der Waals surface area (Å²) >= 11 is 0. The second kappa shape index (κ2) is 4.14. The third-order valence-corrected chi connectivity index (χ3v) is 2.40. The molecule has 0 spiro atoms. The molecule has 0 atom stereocenters. The summed E-state index contributed by atoms with van der Waals surface area (Å²) in [5.41, 5.74) is 1.08. The van der Waals surface area contributed by atoms with Crippen LogP contribution in [-0.2, 0) is 0 Å². The molecule has 86 valence electrons. The zero-order valence-electron chi connectivity index (χ0n) is 9.16. The third kappa shape index (κ3) is 1.74. The van der Waals surface area contributed by atoms with Crippen molar-refractivity contribution in [3.63, 3.8) is 0 Å². The average molecular weight is 237 g/mol. The van der Waals surface area contributed by atoms with E-state index in [1.165, 1.54) is 12.4 Å². The molecule has 0 radical (unpaired) electrons. The maximum atomic E-state index is 8.89. The van der Waals surface area contributed by atoms with Gasteiger partial charge in [-0.25, -0.2) is 9.97 Å². The number of nitrogens with one attached hydrogen (secondary N) is 1. The van der Waals surface area contributed by atoms with E-state index in [4.69, 9.17) is 10.00 Å². The molecule has 0 saturated carbocycles. The Kier molecular flexibility index (Phi) is 2.35. The van der Waals surface area contributed by atoms with E-state index in [1.807, 2.05) is 18.2 Å². The van der Waals surface area contributed by atoms with Crippen LogP contribution in [0.1, 0.15) is 5.69 Å². The van der Waals surface area contributed by atoms with E-state index in [0.29, 0.717) is 5.75 Å². The second-order valence-electron chi connectivity index (χ2n) is 3.54. The van der Waals surface area contributed by atoms with E-state index in [1.54, 1.807) is 12.3 Å². The number of hydrogen-bond donors (Lipinski definition) is 1. The Morgan fingerprint density at radius 3 is 3.00 bits per heavy atom. The smallest absolute Gasteiger partial charge is 0.256 e. The molecule has 0 bridgehead atoms. The lowest BCUT2D eigenvalue weighted by molar-refractivity contribution is 0.459. The van der Waals surface area contributed by atoms with Gasteiger partial charge in [0.05, 0.1) is 11.7 Å². The van der Waals surface area contributed by atoms with Crippen molar-refractivity contribution in [2.24, 2.45) is 0 Å². The van der Waals surface area contributed by atoms with Crippen LogP contribution in [-0.4, -0.2) is 20.2 Å². The Hall–Kier alpha value is -2.94. The quantitative estimate of drug-likeness (QED) is 0.736. The first-order valence-corrected chi connectivity index (χ1v) is 5.19. The van der Waals surface area contributed by atoms with Crippen LogP contribution in [0.25, 0.3) is 10.9 Å². The molecule has 0 aliphatic carbocycles. The van der Waals surface area contributed by atoms with E-state index in [0.717, 1.165) is 10.9 Å². The zero-order valence-corrected chi connectivity index (χ0v) is 9.16. The van der Waals surface area contributed by atoms with Crippen LogP contribution >= 0.6 is 0 Å². The summed E-state index contributed by atoms with van der Waals surface area (Å²) in [6.45, 7) is 0. The van der Waals surface area contributed by atoms with Gasteiger partial charge in [-0.1, -0.05) is 0 Å². The number of nitriles is 1. The molecule has 6 heteroatoms. The summed E-state index contributed by atoms with van der Waals surface area (Å²) in [7, 11) is 0. The van der Waals surface area contributed by atoms with Gasteiger partial charge in [-0.05, 0) is 18.2 Å². The summed E-state index contributed by atoms with van der Waals surface area (Å²) in [5.74, 6) is 0.781. The monoisotopic (exact) mass is 237 g/mol. The van der Waals surface area contributed by atoms with E-state index < -0.39 is 0 Å². The van der Waals surface area contributed by atoms with Gasteiger partial charge in [0, 0.05) is 17.8 Å². The Bertz CT molecular complexity index is 743. The minimum Gasteiger partial charge on any atom is -0.436 e. The summed E-state index contributed by atoms with van der Waals surface area (Å²) in [5, 5.41) is 16.6. The molecular weight excluding hydrogens is 230 g/mol. The standard InChI is InChI=1S/C12H7N5O/c13-6-11-12(15-4-3-14-11)18-9-1-2-10-8(5-9)7-16-17-10/h1-5,7H,(H,16,17). The number of aromatic nitrogens is 4. The minimum absolute atomic E-state index is 0.157. The highest BCUT2D eigenvalue weighted by molar-refractivity contribution is 5.79. The number of rotatable bonds is 2. The Morgan fingerprint density at radius 1 is 1.22 bits per heavy atom. The molecule has 2 heterocycles. The van der Waals surface area contributed by atoms with E-state index >= 15 is 0 Å². The van der Waals surface area contributed by atoms with Gasteiger partial charge in [-0.2, -0.15) is 10.4 Å². The highest BCUT2D eigenvalue weighted by Crippen LogP contribution is 2.24. The number of hydrogen-bond acceptors (Lipinski definition) is 5. The Balaban J connectivity index is 1.98. The van der Waals surface area contributed by atoms with Gasteiger partial charge in [0.25, 0.3) is 5.88 Å². The van der Waals surface area contributed by atoms with Crippen LogP contribution in [0.2, 0.25) is 0 Å². The third-order valence-electron chi connectivity index (χ3n) is 2.40. The van der Waals surface area contributed by atoms with Gasteiger partial charge < -0.3 is 4.74 Å². The highest BCUT2D eigenvalue weighted by Gasteiger charge is 2.07. The molecule has 0 amide bonds. The van der Waals surface area contributed by atoms with E-state index in [9.17, 15) is 0 Å². The second-order valence-corrected chi connectivity index (χ2v) is 3.54. The fourth-order valence-corrected chi connectivity index (χ4v) is 1.57. The summed E-state index contributed by atoms with van der Waals surface area (Å²) < 4.78 is 5.54. The van der Waals surface area contributed by atoms with Gasteiger partial charge in [0.15, 0.2) is 0 Å². The number of nitrogens with zero attached hydrogens (tertiary/aromatic N) is 4. The first-order valence-electron chi connectivity index (χ1n) is 5.19. The fraction of sp³-hybridized carbons (Fsp3) is 0. The molecule has 18 heavy (non-hydrogen) atoms. The highest BCUT2D eigenvalue weighted by atomic mass is 16.5. The van der Waals surface area contributed by atoms with Crippen molar-refractivity contribution in [2.75, 3.05) is 0 Å². The van der Waals surface area contributed by atoms with Crippen LogP contribution < -0.4 is 4.74 Å². The van der Waals surface area contributed by atoms with E-state index in [-0.39, 0.29) is 11.6 Å². The van der Waals surface area contributed by atoms with Gasteiger partial charge >= 0.3 is 0 Å². The van der Waals surface area contributed by atoms with Crippen molar-refractivity contribution in [3.05, 3.63) is 42.5 Å². The van der Waals surface area contributed by atoms with Gasteiger partial charge in [-0.15, -0.1) is 0 Å². The molecule has 0 fully saturated rings. The van der Waals surface area contributed by atoms with Crippen LogP contribution in [0.4, 0.5) is 0 Å². The molecule has 0 saturated heterocycles. The molecule has 3 rings (SSSR count). The number of ether oxygens (including phenoxy) is 1.